The van der Waals surface area contributed by atoms with Gasteiger partial charge in [-0.3, -0.25) is 15.7 Å². The molecule has 5 nitrogen and oxygen atoms in total. The predicted molar refractivity (Wildman–Crippen MR) is 71.5 cm³/mol. The van der Waals surface area contributed by atoms with Gasteiger partial charge in [0.05, 0.1) is 6.20 Å². The molecule has 100 valence electrons. The van der Waals surface area contributed by atoms with Gasteiger partial charge in [-0.1, -0.05) is 0 Å². The van der Waals surface area contributed by atoms with Crippen LogP contribution in [0.15, 0.2) is 24.4 Å². The molecule has 3 rings (SSSR count). The largest absolute Gasteiger partial charge is 0.488 e. The standard InChI is InChI=1S/C14H17N3O2/c1-17(2)13-4-10-6-15-5-9-3-11(7-16-18)19-8-12(13)14(9)10/h3,5-7,13,16,18H,4,8H2,1-2H3. The summed E-state index contributed by atoms with van der Waals surface area (Å²) in [6.45, 7) is 0.539. The third-order valence-electron chi connectivity index (χ3n) is 3.71. The van der Waals surface area contributed by atoms with E-state index in [9.17, 15) is 0 Å². The van der Waals surface area contributed by atoms with Crippen LogP contribution in [0.25, 0.3) is 11.6 Å². The van der Waals surface area contributed by atoms with Gasteiger partial charge in [-0.2, -0.15) is 0 Å². The maximum atomic E-state index is 8.78. The highest BCUT2D eigenvalue weighted by atomic mass is 16.5. The Balaban J connectivity index is 2.23. The van der Waals surface area contributed by atoms with Crippen LogP contribution >= 0.6 is 0 Å². The minimum Gasteiger partial charge on any atom is -0.488 e. The number of nitrogens with zero attached hydrogens (tertiary/aromatic N) is 2. The molecule has 0 amide bonds. The van der Waals surface area contributed by atoms with Crippen LogP contribution in [-0.2, 0) is 11.2 Å². The third-order valence-corrected chi connectivity index (χ3v) is 3.71. The lowest BCUT2D eigenvalue weighted by Crippen LogP contribution is -2.32. The predicted octanol–water partition coefficient (Wildman–Crippen LogP) is -0.650. The number of ether oxygens (including phenoxy) is 1. The van der Waals surface area contributed by atoms with Gasteiger partial charge in [-0.05, 0) is 42.9 Å². The summed E-state index contributed by atoms with van der Waals surface area (Å²) in [5.41, 5.74) is 4.57. The van der Waals surface area contributed by atoms with Crippen LogP contribution < -0.4 is 15.9 Å². The molecule has 1 atom stereocenters. The van der Waals surface area contributed by atoms with Crippen LogP contribution in [0.1, 0.15) is 5.56 Å². The first kappa shape index (κ1) is 12.2. The number of likely N-dealkylation sites (N-methyl/N-ethyl adjacent to an activating group) is 1. The molecule has 0 saturated carbocycles. The summed E-state index contributed by atoms with van der Waals surface area (Å²) < 4.78 is 5.73. The molecule has 0 spiro atoms. The van der Waals surface area contributed by atoms with Crippen molar-refractivity contribution in [3.8, 4) is 0 Å². The molecule has 1 unspecified atom stereocenters. The zero-order valence-corrected chi connectivity index (χ0v) is 11.1. The average Bonchev–Trinajstić information content (AvgIpc) is 2.66. The van der Waals surface area contributed by atoms with Crippen molar-refractivity contribution >= 4 is 11.6 Å². The van der Waals surface area contributed by atoms with Gasteiger partial charge in [-0.25, -0.2) is 0 Å². The van der Waals surface area contributed by atoms with Gasteiger partial charge in [0, 0.05) is 23.7 Å². The Morgan fingerprint density at radius 1 is 1.47 bits per heavy atom. The average molecular weight is 259 g/mol. The Bertz CT molecular complexity index is 649. The van der Waals surface area contributed by atoms with E-state index in [-0.39, 0.29) is 0 Å². The fourth-order valence-electron chi connectivity index (χ4n) is 2.84. The molecule has 0 aromatic carbocycles. The Kier molecular flexibility index (Phi) is 3.00. The summed E-state index contributed by atoms with van der Waals surface area (Å²) in [5, 5.41) is 11.1. The maximum Gasteiger partial charge on any atom is 0.138 e. The van der Waals surface area contributed by atoms with Gasteiger partial charge in [0.2, 0.25) is 0 Å². The van der Waals surface area contributed by atoms with Gasteiger partial charge in [0.25, 0.3) is 0 Å². The fraction of sp³-hybridized carbons (Fsp3) is 0.357. The van der Waals surface area contributed by atoms with Crippen molar-refractivity contribution in [1.29, 1.82) is 0 Å². The second kappa shape index (κ2) is 4.68. The number of hydroxylamine groups is 1. The van der Waals surface area contributed by atoms with E-state index in [2.05, 4.69) is 24.0 Å². The number of aromatic nitrogens is 1. The van der Waals surface area contributed by atoms with Crippen molar-refractivity contribution in [3.63, 3.8) is 0 Å². The molecule has 19 heavy (non-hydrogen) atoms. The molecule has 1 aliphatic heterocycles. The molecular formula is C14H17N3O2. The molecule has 0 bridgehead atoms. The second-order valence-corrected chi connectivity index (χ2v) is 5.08. The zero-order valence-electron chi connectivity index (χ0n) is 11.1. The molecule has 0 saturated heterocycles. The first-order chi connectivity index (χ1) is 9.20. The molecule has 5 heteroatoms. The molecule has 2 N–H and O–H groups in total. The van der Waals surface area contributed by atoms with E-state index in [4.69, 9.17) is 9.94 Å². The van der Waals surface area contributed by atoms with Crippen molar-refractivity contribution in [1.82, 2.24) is 15.4 Å². The lowest BCUT2D eigenvalue weighted by Gasteiger charge is -2.22. The highest BCUT2D eigenvalue weighted by Crippen LogP contribution is 2.20. The second-order valence-electron chi connectivity index (χ2n) is 5.08. The lowest BCUT2D eigenvalue weighted by molar-refractivity contribution is 0.199. The van der Waals surface area contributed by atoms with Crippen LogP contribution in [0.3, 0.4) is 0 Å². The summed E-state index contributed by atoms with van der Waals surface area (Å²) in [6, 6.07) is 0.354. The number of allylic oxidation sites excluding steroid dienone is 1. The Morgan fingerprint density at radius 2 is 2.32 bits per heavy atom. The Morgan fingerprint density at radius 3 is 3.05 bits per heavy atom. The third kappa shape index (κ3) is 2.01. The van der Waals surface area contributed by atoms with Crippen LogP contribution in [0.5, 0.6) is 0 Å². The minimum atomic E-state index is 0.354. The Hall–Kier alpha value is -1.85. The van der Waals surface area contributed by atoms with Gasteiger partial charge < -0.3 is 9.64 Å². The lowest BCUT2D eigenvalue weighted by atomic mass is 10.1. The number of hydrogen-bond donors (Lipinski definition) is 2. The minimum absolute atomic E-state index is 0.354. The highest BCUT2D eigenvalue weighted by molar-refractivity contribution is 5.62. The summed E-state index contributed by atoms with van der Waals surface area (Å²) in [5.74, 6) is 0.608. The zero-order chi connectivity index (χ0) is 13.4. The number of nitrogens with one attached hydrogen (secondary N) is 1. The summed E-state index contributed by atoms with van der Waals surface area (Å²) in [6.07, 6.45) is 8.10. The Labute approximate surface area is 111 Å². The first-order valence-electron chi connectivity index (χ1n) is 6.27. The maximum absolute atomic E-state index is 8.78. The van der Waals surface area contributed by atoms with E-state index in [0.29, 0.717) is 18.4 Å². The van der Waals surface area contributed by atoms with Crippen molar-refractivity contribution in [2.45, 2.75) is 12.5 Å². The monoisotopic (exact) mass is 259 g/mol. The molecule has 2 heterocycles. The smallest absolute Gasteiger partial charge is 0.138 e. The fourth-order valence-corrected chi connectivity index (χ4v) is 2.84. The first-order valence-corrected chi connectivity index (χ1v) is 6.27. The summed E-state index contributed by atoms with van der Waals surface area (Å²) in [7, 11) is 4.16. The van der Waals surface area contributed by atoms with E-state index in [1.54, 1.807) is 0 Å². The van der Waals surface area contributed by atoms with Crippen LogP contribution in [0, 0.1) is 0 Å². The van der Waals surface area contributed by atoms with Crippen molar-refractivity contribution in [2.24, 2.45) is 0 Å². The SMILES string of the molecule is CN(C)C1Cc2cncc3c2=C1COC(=CNO)C=3. The van der Waals surface area contributed by atoms with E-state index in [1.807, 2.05) is 23.9 Å². The molecule has 1 aliphatic carbocycles. The van der Waals surface area contributed by atoms with Crippen molar-refractivity contribution in [2.75, 3.05) is 20.7 Å². The van der Waals surface area contributed by atoms with Gasteiger partial charge in [-0.15, -0.1) is 0 Å². The number of hydrogen-bond acceptors (Lipinski definition) is 5. The summed E-state index contributed by atoms with van der Waals surface area (Å²) >= 11 is 0. The van der Waals surface area contributed by atoms with E-state index in [0.717, 1.165) is 11.6 Å². The molecule has 2 aliphatic rings. The van der Waals surface area contributed by atoms with Gasteiger partial charge in [0.15, 0.2) is 0 Å². The van der Waals surface area contributed by atoms with Crippen LogP contribution in [0.4, 0.5) is 0 Å². The van der Waals surface area contributed by atoms with Gasteiger partial charge in [0.1, 0.15) is 12.4 Å². The normalized spacial score (nSPS) is 22.8. The molecular weight excluding hydrogens is 242 g/mol. The molecule has 0 fully saturated rings. The summed E-state index contributed by atoms with van der Waals surface area (Å²) in [4.78, 5) is 6.51. The number of rotatable bonds is 2. The van der Waals surface area contributed by atoms with Crippen LogP contribution in [-0.4, -0.2) is 41.8 Å². The molecule has 0 radical (unpaired) electrons. The molecule has 1 aromatic rings. The quantitative estimate of drug-likeness (QED) is 0.691. The number of pyridine rings is 1. The van der Waals surface area contributed by atoms with E-state index < -0.39 is 0 Å². The van der Waals surface area contributed by atoms with Crippen molar-refractivity contribution < 1.29 is 9.94 Å². The van der Waals surface area contributed by atoms with Crippen LogP contribution in [0.2, 0.25) is 0 Å². The topological polar surface area (TPSA) is 57.6 Å². The molecule has 1 aromatic heterocycles. The van der Waals surface area contributed by atoms with Crippen molar-refractivity contribution in [3.05, 3.63) is 40.4 Å². The highest BCUT2D eigenvalue weighted by Gasteiger charge is 2.27. The van der Waals surface area contributed by atoms with Gasteiger partial charge >= 0.3 is 0 Å². The van der Waals surface area contributed by atoms with E-state index >= 15 is 0 Å². The van der Waals surface area contributed by atoms with E-state index in [1.165, 1.54) is 22.6 Å².